The number of hydrogen-bond donors (Lipinski definition) is 2. The molecule has 1 rings (SSSR count). The van der Waals surface area contributed by atoms with E-state index in [-0.39, 0.29) is 11.4 Å². The predicted octanol–water partition coefficient (Wildman–Crippen LogP) is 2.81. The Morgan fingerprint density at radius 2 is 2.12 bits per heavy atom. The molecule has 0 saturated carbocycles. The summed E-state index contributed by atoms with van der Waals surface area (Å²) in [5, 5.41) is 11.3. The number of hydrogen-bond acceptors (Lipinski definition) is 3. The van der Waals surface area contributed by atoms with Gasteiger partial charge >= 0.3 is 12.3 Å². The van der Waals surface area contributed by atoms with Crippen molar-refractivity contribution in [2.24, 2.45) is 0 Å². The summed E-state index contributed by atoms with van der Waals surface area (Å²) in [5.41, 5.74) is 0.728. The van der Waals surface area contributed by atoms with Gasteiger partial charge in [-0.05, 0) is 30.7 Å². The Hall–Kier alpha value is -1.92. The number of rotatable bonds is 2. The fourth-order valence-corrected chi connectivity index (χ4v) is 1.03. The summed E-state index contributed by atoms with van der Waals surface area (Å²) in [5.74, 6) is 0.0270. The van der Waals surface area contributed by atoms with E-state index < -0.39 is 18.9 Å². The van der Waals surface area contributed by atoms with E-state index in [9.17, 15) is 23.1 Å². The van der Waals surface area contributed by atoms with E-state index >= 15 is 0 Å². The molecule has 0 atom stereocenters. The highest BCUT2D eigenvalue weighted by Crippen LogP contribution is 2.20. The number of phenolic OH excluding ortho intramolecular Hbond substituents is 1. The molecule has 0 heterocycles. The zero-order valence-electron chi connectivity index (χ0n) is 8.84. The average molecular weight is 249 g/mol. The second-order valence-corrected chi connectivity index (χ2v) is 3.32. The number of amides is 1. The lowest BCUT2D eigenvalue weighted by Gasteiger charge is -2.09. The third-order valence-electron chi connectivity index (χ3n) is 1.81. The fraction of sp³-hybridized carbons (Fsp3) is 0.300. The predicted molar refractivity (Wildman–Crippen MR) is 53.9 cm³/mol. The van der Waals surface area contributed by atoms with Crippen molar-refractivity contribution in [2.45, 2.75) is 13.1 Å². The number of alkyl halides is 3. The molecule has 0 aliphatic rings. The number of nitrogens with one attached hydrogen (secondary N) is 1. The average Bonchev–Trinajstić information content (AvgIpc) is 2.20. The number of ether oxygens (including phenoxy) is 1. The molecule has 0 saturated heterocycles. The summed E-state index contributed by atoms with van der Waals surface area (Å²) in [4.78, 5) is 11.0. The topological polar surface area (TPSA) is 58.6 Å². The van der Waals surface area contributed by atoms with Gasteiger partial charge < -0.3 is 9.84 Å². The number of carbonyl (C=O) groups is 1. The lowest BCUT2D eigenvalue weighted by Crippen LogP contribution is -2.23. The van der Waals surface area contributed by atoms with Gasteiger partial charge in [0.2, 0.25) is 0 Å². The van der Waals surface area contributed by atoms with Crippen molar-refractivity contribution in [3.63, 3.8) is 0 Å². The molecule has 0 aromatic heterocycles. The molecule has 0 bridgehead atoms. The molecule has 0 aliphatic carbocycles. The van der Waals surface area contributed by atoms with Crippen LogP contribution in [-0.4, -0.2) is 24.0 Å². The second kappa shape index (κ2) is 4.94. The van der Waals surface area contributed by atoms with Crippen LogP contribution in [0.3, 0.4) is 0 Å². The molecule has 0 aliphatic heterocycles. The molecule has 1 aromatic carbocycles. The molecule has 94 valence electrons. The molecule has 1 aromatic rings. The van der Waals surface area contributed by atoms with Crippen LogP contribution in [0.25, 0.3) is 0 Å². The number of anilines is 1. The summed E-state index contributed by atoms with van der Waals surface area (Å²) in [7, 11) is 0. The van der Waals surface area contributed by atoms with Gasteiger partial charge in [0.25, 0.3) is 0 Å². The van der Waals surface area contributed by atoms with Gasteiger partial charge in [0, 0.05) is 5.69 Å². The first-order chi connectivity index (χ1) is 7.78. The van der Waals surface area contributed by atoms with E-state index in [0.717, 1.165) is 0 Å². The summed E-state index contributed by atoms with van der Waals surface area (Å²) >= 11 is 0. The van der Waals surface area contributed by atoms with Crippen LogP contribution in [0.15, 0.2) is 18.2 Å². The smallest absolute Gasteiger partial charge is 0.422 e. The number of benzene rings is 1. The SMILES string of the molecule is Cc1cc(NC(=O)OCC(F)(F)F)ccc1O. The van der Waals surface area contributed by atoms with Gasteiger partial charge in [-0.3, -0.25) is 5.32 Å². The first-order valence-corrected chi connectivity index (χ1v) is 4.58. The Morgan fingerprint density at radius 1 is 1.47 bits per heavy atom. The maximum atomic E-state index is 11.7. The Balaban J connectivity index is 2.54. The van der Waals surface area contributed by atoms with Crippen molar-refractivity contribution in [2.75, 3.05) is 11.9 Å². The minimum Gasteiger partial charge on any atom is -0.508 e. The van der Waals surface area contributed by atoms with Gasteiger partial charge in [-0.15, -0.1) is 0 Å². The molecule has 1 amide bonds. The van der Waals surface area contributed by atoms with E-state index in [4.69, 9.17) is 0 Å². The molecule has 0 unspecified atom stereocenters. The highest BCUT2D eigenvalue weighted by atomic mass is 19.4. The van der Waals surface area contributed by atoms with Gasteiger partial charge in [0.15, 0.2) is 6.61 Å². The highest BCUT2D eigenvalue weighted by Gasteiger charge is 2.29. The van der Waals surface area contributed by atoms with Crippen molar-refractivity contribution in [1.29, 1.82) is 0 Å². The molecule has 17 heavy (non-hydrogen) atoms. The van der Waals surface area contributed by atoms with Crippen molar-refractivity contribution in [3.05, 3.63) is 23.8 Å². The number of aromatic hydroxyl groups is 1. The molecule has 0 fully saturated rings. The zero-order chi connectivity index (χ0) is 13.1. The van der Waals surface area contributed by atoms with Crippen LogP contribution in [0.2, 0.25) is 0 Å². The summed E-state index contributed by atoms with van der Waals surface area (Å²) < 4.78 is 39.1. The lowest BCUT2D eigenvalue weighted by molar-refractivity contribution is -0.159. The minimum atomic E-state index is -4.55. The molecule has 2 N–H and O–H groups in total. The Kier molecular flexibility index (Phi) is 3.82. The van der Waals surface area contributed by atoms with E-state index in [0.29, 0.717) is 5.56 Å². The van der Waals surface area contributed by atoms with E-state index in [1.807, 2.05) is 0 Å². The summed E-state index contributed by atoms with van der Waals surface area (Å²) in [6, 6.07) is 4.07. The number of phenols is 1. The Morgan fingerprint density at radius 3 is 2.65 bits per heavy atom. The maximum absolute atomic E-state index is 11.7. The van der Waals surface area contributed by atoms with E-state index in [2.05, 4.69) is 10.1 Å². The van der Waals surface area contributed by atoms with Crippen molar-refractivity contribution >= 4 is 11.8 Å². The van der Waals surface area contributed by atoms with E-state index in [1.54, 1.807) is 6.92 Å². The maximum Gasteiger partial charge on any atom is 0.422 e. The summed E-state index contributed by atoms with van der Waals surface area (Å²) in [6.07, 6.45) is -5.75. The lowest BCUT2D eigenvalue weighted by atomic mass is 10.2. The normalized spacial score (nSPS) is 11.1. The van der Waals surface area contributed by atoms with Crippen LogP contribution in [-0.2, 0) is 4.74 Å². The number of carbonyl (C=O) groups excluding carboxylic acids is 1. The van der Waals surface area contributed by atoms with Gasteiger partial charge in [0.1, 0.15) is 5.75 Å². The molecule has 7 heteroatoms. The molecular formula is C10H10F3NO3. The monoisotopic (exact) mass is 249 g/mol. The quantitative estimate of drug-likeness (QED) is 0.792. The van der Waals surface area contributed by atoms with Gasteiger partial charge in [-0.2, -0.15) is 13.2 Å². The number of halogens is 3. The number of aryl methyl sites for hydroxylation is 1. The molecule has 0 spiro atoms. The Bertz CT molecular complexity index is 418. The van der Waals surface area contributed by atoms with Crippen molar-refractivity contribution in [3.8, 4) is 5.75 Å². The van der Waals surface area contributed by atoms with Crippen LogP contribution in [0, 0.1) is 6.92 Å². The highest BCUT2D eigenvalue weighted by molar-refractivity contribution is 5.84. The van der Waals surface area contributed by atoms with Gasteiger partial charge in [-0.25, -0.2) is 4.79 Å². The van der Waals surface area contributed by atoms with Crippen LogP contribution in [0.5, 0.6) is 5.75 Å². The minimum absolute atomic E-state index is 0.0270. The molecule has 4 nitrogen and oxygen atoms in total. The fourth-order valence-electron chi connectivity index (χ4n) is 1.03. The van der Waals surface area contributed by atoms with Crippen molar-refractivity contribution < 1.29 is 27.8 Å². The molecular weight excluding hydrogens is 239 g/mol. The van der Waals surface area contributed by atoms with Crippen LogP contribution in [0.1, 0.15) is 5.56 Å². The van der Waals surface area contributed by atoms with Crippen molar-refractivity contribution in [1.82, 2.24) is 0 Å². The van der Waals surface area contributed by atoms with Crippen LogP contribution < -0.4 is 5.32 Å². The third kappa shape index (κ3) is 4.62. The van der Waals surface area contributed by atoms with Crippen LogP contribution >= 0.6 is 0 Å². The van der Waals surface area contributed by atoms with Gasteiger partial charge in [-0.1, -0.05) is 0 Å². The first-order valence-electron chi connectivity index (χ1n) is 4.58. The third-order valence-corrected chi connectivity index (χ3v) is 1.81. The zero-order valence-corrected chi connectivity index (χ0v) is 8.84. The second-order valence-electron chi connectivity index (χ2n) is 3.32. The van der Waals surface area contributed by atoms with Gasteiger partial charge in [0.05, 0.1) is 0 Å². The van der Waals surface area contributed by atoms with Crippen LogP contribution in [0.4, 0.5) is 23.7 Å². The standard InChI is InChI=1S/C10H10F3NO3/c1-6-4-7(2-3-8(6)15)14-9(16)17-5-10(11,12)13/h2-4,15H,5H2,1H3,(H,14,16). The summed E-state index contributed by atoms with van der Waals surface area (Å²) in [6.45, 7) is -0.0581. The van der Waals surface area contributed by atoms with E-state index in [1.165, 1.54) is 18.2 Å². The molecule has 0 radical (unpaired) electrons. The first kappa shape index (κ1) is 13.1. The largest absolute Gasteiger partial charge is 0.508 e. The Labute approximate surface area is 95.0 Å².